The standard InChI is InChI=1S/C20H31FN2/c1-15-10-12-23(13-11-15)20-9-8-17(14-19(20)21)16(2)22-18-6-4-3-5-7-18/h8-9,14-16,18,22H,3-7,10-13H2,1-2H3/t16-/m0/s1. The zero-order valence-electron chi connectivity index (χ0n) is 14.7. The molecule has 1 heterocycles. The number of piperidine rings is 1. The summed E-state index contributed by atoms with van der Waals surface area (Å²) < 4.78 is 14.6. The Morgan fingerprint density at radius 1 is 1.09 bits per heavy atom. The lowest BCUT2D eigenvalue weighted by Gasteiger charge is -2.32. The molecule has 0 aromatic heterocycles. The zero-order chi connectivity index (χ0) is 16.2. The minimum absolute atomic E-state index is 0.0608. The molecule has 2 aliphatic rings. The molecule has 1 aliphatic heterocycles. The average Bonchev–Trinajstić information content (AvgIpc) is 2.57. The number of halogens is 1. The Morgan fingerprint density at radius 3 is 2.43 bits per heavy atom. The lowest BCUT2D eigenvalue weighted by atomic mass is 9.94. The third kappa shape index (κ3) is 4.26. The first kappa shape index (κ1) is 16.8. The van der Waals surface area contributed by atoms with Gasteiger partial charge in [0.15, 0.2) is 0 Å². The Kier molecular flexibility index (Phi) is 5.58. The normalized spacial score (nSPS) is 22.3. The van der Waals surface area contributed by atoms with Crippen LogP contribution < -0.4 is 10.2 Å². The molecule has 1 aromatic rings. The largest absolute Gasteiger partial charge is 0.369 e. The van der Waals surface area contributed by atoms with E-state index in [9.17, 15) is 4.39 Å². The van der Waals surface area contributed by atoms with Gasteiger partial charge in [0.05, 0.1) is 5.69 Å². The summed E-state index contributed by atoms with van der Waals surface area (Å²) in [5.74, 6) is 0.711. The van der Waals surface area contributed by atoms with Gasteiger partial charge >= 0.3 is 0 Å². The Hall–Kier alpha value is -1.09. The molecular weight excluding hydrogens is 287 g/mol. The van der Waals surface area contributed by atoms with Gasteiger partial charge in [0, 0.05) is 25.2 Å². The van der Waals surface area contributed by atoms with Crippen LogP contribution in [0.5, 0.6) is 0 Å². The summed E-state index contributed by atoms with van der Waals surface area (Å²) in [5, 5.41) is 3.69. The molecule has 1 aromatic carbocycles. The van der Waals surface area contributed by atoms with Crippen molar-refractivity contribution in [3.05, 3.63) is 29.6 Å². The maximum absolute atomic E-state index is 14.6. The van der Waals surface area contributed by atoms with Crippen LogP contribution in [0.15, 0.2) is 18.2 Å². The Morgan fingerprint density at radius 2 is 1.78 bits per heavy atom. The van der Waals surface area contributed by atoms with Crippen molar-refractivity contribution in [2.75, 3.05) is 18.0 Å². The molecule has 1 N–H and O–H groups in total. The van der Waals surface area contributed by atoms with Gasteiger partial charge in [-0.2, -0.15) is 0 Å². The summed E-state index contributed by atoms with van der Waals surface area (Å²) in [6.07, 6.45) is 8.87. The van der Waals surface area contributed by atoms with Crippen LogP contribution in [-0.2, 0) is 0 Å². The number of nitrogens with zero attached hydrogens (tertiary/aromatic N) is 1. The summed E-state index contributed by atoms with van der Waals surface area (Å²) in [4.78, 5) is 2.21. The molecule has 3 heteroatoms. The molecule has 2 fully saturated rings. The van der Waals surface area contributed by atoms with Crippen molar-refractivity contribution < 1.29 is 4.39 Å². The minimum atomic E-state index is -0.0608. The van der Waals surface area contributed by atoms with Gasteiger partial charge in [-0.3, -0.25) is 0 Å². The third-order valence-electron chi connectivity index (χ3n) is 5.69. The topological polar surface area (TPSA) is 15.3 Å². The Bertz CT molecular complexity index is 502. The van der Waals surface area contributed by atoms with Gasteiger partial charge in [-0.25, -0.2) is 4.39 Å². The molecule has 0 bridgehead atoms. The number of benzene rings is 1. The molecule has 1 aliphatic carbocycles. The second kappa shape index (κ2) is 7.65. The highest BCUT2D eigenvalue weighted by Crippen LogP contribution is 2.28. The molecule has 128 valence electrons. The van der Waals surface area contributed by atoms with Crippen LogP contribution in [-0.4, -0.2) is 19.1 Å². The van der Waals surface area contributed by atoms with Crippen molar-refractivity contribution in [3.8, 4) is 0 Å². The molecule has 23 heavy (non-hydrogen) atoms. The molecule has 0 radical (unpaired) electrons. The van der Waals surface area contributed by atoms with E-state index in [1.165, 1.54) is 44.9 Å². The highest BCUT2D eigenvalue weighted by molar-refractivity contribution is 5.50. The lowest BCUT2D eigenvalue weighted by molar-refractivity contribution is 0.346. The predicted octanol–water partition coefficient (Wildman–Crippen LogP) is 5.05. The second-order valence-electron chi connectivity index (χ2n) is 7.60. The fourth-order valence-corrected chi connectivity index (χ4v) is 4.02. The average molecular weight is 318 g/mol. The van der Waals surface area contributed by atoms with Crippen molar-refractivity contribution >= 4 is 5.69 Å². The molecule has 0 unspecified atom stereocenters. The minimum Gasteiger partial charge on any atom is -0.369 e. The van der Waals surface area contributed by atoms with Crippen molar-refractivity contribution in [1.29, 1.82) is 0 Å². The van der Waals surface area contributed by atoms with E-state index in [0.717, 1.165) is 30.3 Å². The van der Waals surface area contributed by atoms with Crippen molar-refractivity contribution in [2.45, 2.75) is 70.9 Å². The van der Waals surface area contributed by atoms with Gasteiger partial charge < -0.3 is 10.2 Å². The van der Waals surface area contributed by atoms with Crippen LogP contribution in [0, 0.1) is 11.7 Å². The van der Waals surface area contributed by atoms with E-state index in [4.69, 9.17) is 0 Å². The van der Waals surface area contributed by atoms with E-state index in [-0.39, 0.29) is 11.9 Å². The van der Waals surface area contributed by atoms with E-state index < -0.39 is 0 Å². The van der Waals surface area contributed by atoms with Crippen LogP contribution >= 0.6 is 0 Å². The van der Waals surface area contributed by atoms with E-state index >= 15 is 0 Å². The molecule has 3 rings (SSSR count). The smallest absolute Gasteiger partial charge is 0.146 e. The Balaban J connectivity index is 1.63. The summed E-state index contributed by atoms with van der Waals surface area (Å²) in [6.45, 7) is 6.40. The predicted molar refractivity (Wildman–Crippen MR) is 95.4 cm³/mol. The number of rotatable bonds is 4. The van der Waals surface area contributed by atoms with E-state index in [2.05, 4.69) is 30.1 Å². The SMILES string of the molecule is CC1CCN(c2ccc([C@H](C)NC3CCCCC3)cc2F)CC1. The quantitative estimate of drug-likeness (QED) is 0.836. The first-order valence-electron chi connectivity index (χ1n) is 9.44. The summed E-state index contributed by atoms with van der Waals surface area (Å²) in [6, 6.07) is 6.66. The van der Waals surface area contributed by atoms with Crippen molar-refractivity contribution in [3.63, 3.8) is 0 Å². The lowest BCUT2D eigenvalue weighted by Crippen LogP contribution is -2.34. The van der Waals surface area contributed by atoms with Crippen molar-refractivity contribution in [1.82, 2.24) is 5.32 Å². The first-order chi connectivity index (χ1) is 11.1. The highest BCUT2D eigenvalue weighted by Gasteiger charge is 2.20. The van der Waals surface area contributed by atoms with Crippen LogP contribution in [0.2, 0.25) is 0 Å². The number of nitrogens with one attached hydrogen (secondary N) is 1. The molecule has 2 nitrogen and oxygen atoms in total. The number of hydrogen-bond donors (Lipinski definition) is 1. The van der Waals surface area contributed by atoms with Crippen LogP contribution in [0.25, 0.3) is 0 Å². The maximum Gasteiger partial charge on any atom is 0.146 e. The van der Waals surface area contributed by atoms with Gasteiger partial charge in [-0.1, -0.05) is 32.3 Å². The van der Waals surface area contributed by atoms with Gasteiger partial charge in [0.25, 0.3) is 0 Å². The number of anilines is 1. The van der Waals surface area contributed by atoms with Gasteiger partial charge in [-0.05, 0) is 56.2 Å². The van der Waals surface area contributed by atoms with E-state index in [1.54, 1.807) is 6.07 Å². The second-order valence-corrected chi connectivity index (χ2v) is 7.60. The van der Waals surface area contributed by atoms with E-state index in [1.807, 2.05) is 6.07 Å². The molecule has 1 saturated heterocycles. The van der Waals surface area contributed by atoms with E-state index in [0.29, 0.717) is 6.04 Å². The first-order valence-corrected chi connectivity index (χ1v) is 9.44. The van der Waals surface area contributed by atoms with Gasteiger partial charge in [-0.15, -0.1) is 0 Å². The van der Waals surface area contributed by atoms with Crippen molar-refractivity contribution in [2.24, 2.45) is 5.92 Å². The Labute approximate surface area is 140 Å². The van der Waals surface area contributed by atoms with Gasteiger partial charge in [0.2, 0.25) is 0 Å². The van der Waals surface area contributed by atoms with Gasteiger partial charge in [0.1, 0.15) is 5.82 Å². The molecule has 1 atom stereocenters. The summed E-state index contributed by atoms with van der Waals surface area (Å²) >= 11 is 0. The zero-order valence-corrected chi connectivity index (χ0v) is 14.7. The summed E-state index contributed by atoms with van der Waals surface area (Å²) in [5.41, 5.74) is 1.85. The monoisotopic (exact) mass is 318 g/mol. The molecule has 1 saturated carbocycles. The van der Waals surface area contributed by atoms with Crippen LogP contribution in [0.4, 0.5) is 10.1 Å². The summed E-state index contributed by atoms with van der Waals surface area (Å²) in [7, 11) is 0. The number of hydrogen-bond acceptors (Lipinski definition) is 2. The third-order valence-corrected chi connectivity index (χ3v) is 5.69. The fraction of sp³-hybridized carbons (Fsp3) is 0.700. The fourth-order valence-electron chi connectivity index (χ4n) is 4.02. The molecular formula is C20H31FN2. The van der Waals surface area contributed by atoms with Crippen LogP contribution in [0.3, 0.4) is 0 Å². The molecule has 0 amide bonds. The van der Waals surface area contributed by atoms with Crippen LogP contribution in [0.1, 0.15) is 70.4 Å². The highest BCUT2D eigenvalue weighted by atomic mass is 19.1. The maximum atomic E-state index is 14.6. The molecule has 0 spiro atoms.